The van der Waals surface area contributed by atoms with Crippen molar-refractivity contribution in [3.05, 3.63) is 77.9 Å². The van der Waals surface area contributed by atoms with Crippen molar-refractivity contribution < 1.29 is 18.9 Å². The molecule has 0 saturated heterocycles. The number of aryl methyl sites for hydroxylation is 2. The van der Waals surface area contributed by atoms with Gasteiger partial charge in [0.1, 0.15) is 5.66 Å². The first-order valence-electron chi connectivity index (χ1n) is 8.37. The van der Waals surface area contributed by atoms with Gasteiger partial charge in [0.25, 0.3) is 0 Å². The third kappa shape index (κ3) is 3.61. The van der Waals surface area contributed by atoms with Crippen LogP contribution in [0.25, 0.3) is 16.8 Å². The van der Waals surface area contributed by atoms with Crippen molar-refractivity contribution in [3.63, 3.8) is 0 Å². The molecule has 1 atom stereocenters. The number of rotatable bonds is 4. The molecule has 0 aliphatic rings. The number of hydrogen-bond acceptors (Lipinski definition) is 2. The summed E-state index contributed by atoms with van der Waals surface area (Å²) < 4.78 is 13.9. The molecule has 3 aromatic rings. The monoisotopic (exact) mass is 369 g/mol. The number of nitrogens with zero attached hydrogens (tertiary/aromatic N) is 2. The van der Waals surface area contributed by atoms with E-state index in [1.165, 1.54) is 0 Å². The Hall–Kier alpha value is -2.33. The van der Waals surface area contributed by atoms with Gasteiger partial charge in [0.2, 0.25) is 11.4 Å². The summed E-state index contributed by atoms with van der Waals surface area (Å²) in [6.07, 6.45) is 5.29. The van der Waals surface area contributed by atoms with Crippen molar-refractivity contribution in [2.24, 2.45) is 0 Å². The summed E-state index contributed by atoms with van der Waals surface area (Å²) in [5.74, 6) is 0. The van der Waals surface area contributed by atoms with Gasteiger partial charge in [-0.25, -0.2) is 0 Å². The molecular formula is C20H22N2O3P+. The molecule has 6 heteroatoms. The highest BCUT2D eigenvalue weighted by Crippen LogP contribution is 2.51. The second kappa shape index (κ2) is 7.12. The van der Waals surface area contributed by atoms with Crippen molar-refractivity contribution in [2.45, 2.75) is 26.4 Å². The fourth-order valence-corrected chi connectivity index (χ4v) is 3.67. The summed E-state index contributed by atoms with van der Waals surface area (Å²) in [5.41, 5.74) is 4.53. The van der Waals surface area contributed by atoms with E-state index < -0.39 is 13.3 Å². The van der Waals surface area contributed by atoms with Gasteiger partial charge in [-0.3, -0.25) is 9.55 Å². The number of benzene rings is 1. The summed E-state index contributed by atoms with van der Waals surface area (Å²) in [7, 11) is -4.30. The van der Waals surface area contributed by atoms with Crippen molar-refractivity contribution in [1.29, 1.82) is 0 Å². The number of para-hydroxylation sites is 1. The second-order valence-electron chi connectivity index (χ2n) is 6.45. The summed E-state index contributed by atoms with van der Waals surface area (Å²) in [6.45, 7) is 5.56. The Balaban J connectivity index is 2.26. The second-order valence-corrected chi connectivity index (χ2v) is 8.40. The highest BCUT2D eigenvalue weighted by atomic mass is 31.2. The summed E-state index contributed by atoms with van der Waals surface area (Å²) in [4.78, 5) is 23.6. The fraction of sp³-hybridized carbons (Fsp3) is 0.200. The van der Waals surface area contributed by atoms with Gasteiger partial charge in [-0.15, -0.1) is 0 Å². The summed E-state index contributed by atoms with van der Waals surface area (Å²) >= 11 is 0. The van der Waals surface area contributed by atoms with E-state index in [9.17, 15) is 14.4 Å². The molecular weight excluding hydrogens is 347 g/mol. The van der Waals surface area contributed by atoms with Crippen LogP contribution in [0.2, 0.25) is 0 Å². The van der Waals surface area contributed by atoms with Crippen molar-refractivity contribution in [3.8, 4) is 16.8 Å². The maximum Gasteiger partial charge on any atom is 0.338 e. The summed E-state index contributed by atoms with van der Waals surface area (Å²) in [6, 6.07) is 13.5. The van der Waals surface area contributed by atoms with Crippen molar-refractivity contribution >= 4 is 7.60 Å². The van der Waals surface area contributed by atoms with E-state index in [0.29, 0.717) is 5.69 Å². The largest absolute Gasteiger partial charge is 0.338 e. The van der Waals surface area contributed by atoms with Crippen LogP contribution in [-0.2, 0) is 4.57 Å². The van der Waals surface area contributed by atoms with Gasteiger partial charge in [0.05, 0.1) is 0 Å². The molecule has 2 aromatic heterocycles. The fourth-order valence-electron chi connectivity index (χ4n) is 3.13. The van der Waals surface area contributed by atoms with Gasteiger partial charge < -0.3 is 9.79 Å². The van der Waals surface area contributed by atoms with E-state index in [2.05, 4.69) is 4.98 Å². The maximum atomic E-state index is 12.0. The lowest BCUT2D eigenvalue weighted by Gasteiger charge is -2.15. The van der Waals surface area contributed by atoms with Crippen LogP contribution in [0.3, 0.4) is 0 Å². The minimum absolute atomic E-state index is 0.574. The van der Waals surface area contributed by atoms with E-state index in [1.807, 2.05) is 67.1 Å². The molecule has 2 N–H and O–H groups in total. The molecule has 0 amide bonds. The van der Waals surface area contributed by atoms with Crippen LogP contribution >= 0.6 is 7.60 Å². The lowest BCUT2D eigenvalue weighted by Crippen LogP contribution is -2.38. The minimum Gasteiger partial charge on any atom is -0.324 e. The predicted octanol–water partition coefficient (Wildman–Crippen LogP) is 3.88. The third-order valence-corrected chi connectivity index (χ3v) is 5.88. The highest BCUT2D eigenvalue weighted by Gasteiger charge is 2.34. The van der Waals surface area contributed by atoms with E-state index in [1.54, 1.807) is 19.3 Å². The standard InChI is InChI=1S/C20H21N2O3P/c1-14-5-4-6-15(2)20(14)22-12-9-18(17-7-10-21-11-8-17)13-19(22)16(3)26(23,24)25/h4-13,16H,1-3H3,(H-,23,24,25)/p+1. The molecule has 0 saturated carbocycles. The zero-order valence-electron chi connectivity index (χ0n) is 15.0. The molecule has 0 fully saturated rings. The average molecular weight is 369 g/mol. The van der Waals surface area contributed by atoms with Gasteiger partial charge >= 0.3 is 7.60 Å². The molecule has 0 aliphatic heterocycles. The minimum atomic E-state index is -4.30. The van der Waals surface area contributed by atoms with Crippen LogP contribution in [0.1, 0.15) is 29.4 Å². The molecule has 1 aromatic carbocycles. The van der Waals surface area contributed by atoms with Crippen LogP contribution in [0.4, 0.5) is 0 Å². The molecule has 0 spiro atoms. The van der Waals surface area contributed by atoms with Crippen LogP contribution in [-0.4, -0.2) is 14.8 Å². The van der Waals surface area contributed by atoms with Gasteiger partial charge in [-0.05, 0) is 44.0 Å². The summed E-state index contributed by atoms with van der Waals surface area (Å²) in [5, 5.41) is 0. The third-order valence-electron chi connectivity index (χ3n) is 4.61. The number of hydrogen-bond donors (Lipinski definition) is 2. The molecule has 134 valence electrons. The Bertz CT molecular complexity index is 963. The molecule has 2 heterocycles. The zero-order chi connectivity index (χ0) is 18.9. The van der Waals surface area contributed by atoms with Gasteiger partial charge in [0, 0.05) is 35.7 Å². The first-order valence-corrected chi connectivity index (χ1v) is 10.0. The molecule has 0 radical (unpaired) electrons. The van der Waals surface area contributed by atoms with Gasteiger partial charge in [0.15, 0.2) is 6.20 Å². The molecule has 1 unspecified atom stereocenters. The van der Waals surface area contributed by atoms with Crippen molar-refractivity contribution in [2.75, 3.05) is 0 Å². The van der Waals surface area contributed by atoms with Crippen LogP contribution in [0, 0.1) is 13.8 Å². The maximum absolute atomic E-state index is 12.0. The zero-order valence-corrected chi connectivity index (χ0v) is 15.9. The molecule has 26 heavy (non-hydrogen) atoms. The Morgan fingerprint density at radius 2 is 1.62 bits per heavy atom. The molecule has 0 bridgehead atoms. The first-order chi connectivity index (χ1) is 12.3. The lowest BCUT2D eigenvalue weighted by molar-refractivity contribution is -0.605. The quantitative estimate of drug-likeness (QED) is 0.541. The predicted molar refractivity (Wildman–Crippen MR) is 101 cm³/mol. The van der Waals surface area contributed by atoms with Gasteiger partial charge in [-0.2, -0.15) is 4.57 Å². The van der Waals surface area contributed by atoms with Gasteiger partial charge in [-0.1, -0.05) is 18.2 Å². The average Bonchev–Trinajstić information content (AvgIpc) is 2.61. The Morgan fingerprint density at radius 3 is 2.19 bits per heavy atom. The van der Waals surface area contributed by atoms with E-state index in [-0.39, 0.29) is 0 Å². The van der Waals surface area contributed by atoms with E-state index in [4.69, 9.17) is 0 Å². The van der Waals surface area contributed by atoms with Crippen LogP contribution < -0.4 is 4.57 Å². The number of pyridine rings is 2. The molecule has 0 aliphatic carbocycles. The first kappa shape index (κ1) is 18.5. The van der Waals surface area contributed by atoms with E-state index >= 15 is 0 Å². The molecule has 3 rings (SSSR count). The lowest BCUT2D eigenvalue weighted by atomic mass is 10.0. The number of aromatic nitrogens is 2. The SMILES string of the molecule is Cc1cccc(C)c1-[n+]1ccc(-c2ccncc2)cc1C(C)P(=O)(O)O. The Labute approximate surface area is 153 Å². The highest BCUT2D eigenvalue weighted by molar-refractivity contribution is 7.52. The van der Waals surface area contributed by atoms with Crippen molar-refractivity contribution in [1.82, 2.24) is 4.98 Å². The Morgan fingerprint density at radius 1 is 1.00 bits per heavy atom. The van der Waals surface area contributed by atoms with Crippen LogP contribution in [0.5, 0.6) is 0 Å². The van der Waals surface area contributed by atoms with E-state index in [0.717, 1.165) is 27.9 Å². The van der Waals surface area contributed by atoms with Crippen LogP contribution in [0.15, 0.2) is 61.1 Å². The topological polar surface area (TPSA) is 74.3 Å². The molecule has 5 nitrogen and oxygen atoms in total. The smallest absolute Gasteiger partial charge is 0.324 e. The normalized spacial score (nSPS) is 12.8. The Kier molecular flexibility index (Phi) is 5.05.